The number of phenolic OH excluding ortho intramolecular Hbond substituents is 1. The molecule has 130 valence electrons. The number of nitrogens with zero attached hydrogens (tertiary/aromatic N) is 1. The Hall–Kier alpha value is -2.69. The summed E-state index contributed by atoms with van der Waals surface area (Å²) in [5.41, 5.74) is 3.28. The van der Waals surface area contributed by atoms with Gasteiger partial charge in [-0.05, 0) is 47.7 Å². The fourth-order valence-corrected chi connectivity index (χ4v) is 3.63. The number of methoxy groups -OCH3 is 1. The van der Waals surface area contributed by atoms with Crippen molar-refractivity contribution in [2.24, 2.45) is 5.92 Å². The normalized spacial score (nSPS) is 18.8. The lowest BCUT2D eigenvalue weighted by atomic mass is 9.93. The van der Waals surface area contributed by atoms with Gasteiger partial charge in [-0.3, -0.25) is 4.79 Å². The Morgan fingerprint density at radius 2 is 2.04 bits per heavy atom. The van der Waals surface area contributed by atoms with E-state index in [4.69, 9.17) is 9.47 Å². The number of benzene rings is 2. The molecular formula is C20H21NO4. The Bertz CT molecular complexity index is 817. The lowest BCUT2D eigenvalue weighted by molar-refractivity contribution is -0.137. The summed E-state index contributed by atoms with van der Waals surface area (Å²) in [6, 6.07) is 11.1. The van der Waals surface area contributed by atoms with Gasteiger partial charge in [0.1, 0.15) is 23.9 Å². The molecule has 5 heteroatoms. The summed E-state index contributed by atoms with van der Waals surface area (Å²) >= 11 is 0. The molecule has 0 unspecified atom stereocenters. The van der Waals surface area contributed by atoms with Crippen molar-refractivity contribution in [3.8, 4) is 17.2 Å². The van der Waals surface area contributed by atoms with Gasteiger partial charge in [-0.1, -0.05) is 12.1 Å². The molecule has 2 heterocycles. The lowest BCUT2D eigenvalue weighted by Gasteiger charge is -2.33. The van der Waals surface area contributed by atoms with Crippen LogP contribution in [0, 0.1) is 5.92 Å². The number of phenols is 1. The molecule has 1 atom stereocenters. The number of rotatable bonds is 2. The van der Waals surface area contributed by atoms with Crippen LogP contribution in [0.1, 0.15) is 16.7 Å². The zero-order valence-electron chi connectivity index (χ0n) is 14.2. The molecule has 2 aliphatic heterocycles. The molecular weight excluding hydrogens is 318 g/mol. The SMILES string of the molecule is COc1ccc2c(c1)OC[C@H](C(=O)N1CCc3ccc(O)cc3C1)C2. The van der Waals surface area contributed by atoms with Gasteiger partial charge in [0, 0.05) is 19.2 Å². The largest absolute Gasteiger partial charge is 0.508 e. The van der Waals surface area contributed by atoms with E-state index in [1.165, 1.54) is 5.56 Å². The van der Waals surface area contributed by atoms with Gasteiger partial charge in [0.25, 0.3) is 0 Å². The van der Waals surface area contributed by atoms with Gasteiger partial charge in [0.05, 0.1) is 13.0 Å². The minimum Gasteiger partial charge on any atom is -0.508 e. The first-order valence-corrected chi connectivity index (χ1v) is 8.53. The quantitative estimate of drug-likeness (QED) is 0.913. The molecule has 0 saturated carbocycles. The number of hydrogen-bond acceptors (Lipinski definition) is 4. The van der Waals surface area contributed by atoms with Gasteiger partial charge in [0.2, 0.25) is 5.91 Å². The van der Waals surface area contributed by atoms with Crippen molar-refractivity contribution in [1.82, 2.24) is 4.90 Å². The highest BCUT2D eigenvalue weighted by Crippen LogP contribution is 2.32. The second kappa shape index (κ2) is 6.31. The van der Waals surface area contributed by atoms with E-state index in [0.717, 1.165) is 29.0 Å². The van der Waals surface area contributed by atoms with E-state index in [9.17, 15) is 9.90 Å². The van der Waals surface area contributed by atoms with Crippen LogP contribution in [0.3, 0.4) is 0 Å². The summed E-state index contributed by atoms with van der Waals surface area (Å²) in [6.07, 6.45) is 1.50. The Labute approximate surface area is 146 Å². The van der Waals surface area contributed by atoms with Gasteiger partial charge >= 0.3 is 0 Å². The van der Waals surface area contributed by atoms with Crippen LogP contribution in [0.15, 0.2) is 36.4 Å². The van der Waals surface area contributed by atoms with Crippen LogP contribution in [0.4, 0.5) is 0 Å². The van der Waals surface area contributed by atoms with Crippen LogP contribution in [-0.2, 0) is 24.2 Å². The third kappa shape index (κ3) is 3.02. The van der Waals surface area contributed by atoms with E-state index in [0.29, 0.717) is 26.1 Å². The summed E-state index contributed by atoms with van der Waals surface area (Å²) in [6.45, 7) is 1.65. The number of fused-ring (bicyclic) bond motifs is 2. The fourth-order valence-electron chi connectivity index (χ4n) is 3.63. The maximum atomic E-state index is 12.9. The van der Waals surface area contributed by atoms with Crippen LogP contribution < -0.4 is 9.47 Å². The monoisotopic (exact) mass is 339 g/mol. The van der Waals surface area contributed by atoms with E-state index in [2.05, 4.69) is 0 Å². The predicted octanol–water partition coefficient (Wildman–Crippen LogP) is 2.54. The molecule has 0 saturated heterocycles. The van der Waals surface area contributed by atoms with E-state index in [1.807, 2.05) is 29.2 Å². The molecule has 4 rings (SSSR count). The number of carbonyl (C=O) groups excluding carboxylic acids is 1. The highest BCUT2D eigenvalue weighted by molar-refractivity contribution is 5.80. The van der Waals surface area contributed by atoms with E-state index in [-0.39, 0.29) is 17.6 Å². The van der Waals surface area contributed by atoms with Gasteiger partial charge in [-0.25, -0.2) is 0 Å². The van der Waals surface area contributed by atoms with Crippen molar-refractivity contribution in [2.75, 3.05) is 20.3 Å². The minimum atomic E-state index is -0.167. The highest BCUT2D eigenvalue weighted by Gasteiger charge is 2.31. The molecule has 2 aromatic rings. The summed E-state index contributed by atoms with van der Waals surface area (Å²) < 4.78 is 11.0. The van der Waals surface area contributed by atoms with E-state index in [1.54, 1.807) is 19.2 Å². The maximum absolute atomic E-state index is 12.9. The minimum absolute atomic E-state index is 0.121. The van der Waals surface area contributed by atoms with Crippen molar-refractivity contribution < 1.29 is 19.4 Å². The smallest absolute Gasteiger partial charge is 0.229 e. The average Bonchev–Trinajstić information content (AvgIpc) is 2.65. The van der Waals surface area contributed by atoms with Crippen molar-refractivity contribution in [3.63, 3.8) is 0 Å². The Kier molecular flexibility index (Phi) is 3.99. The first kappa shape index (κ1) is 15.8. The molecule has 0 aromatic heterocycles. The van der Waals surface area contributed by atoms with Crippen LogP contribution in [0.2, 0.25) is 0 Å². The van der Waals surface area contributed by atoms with E-state index < -0.39 is 0 Å². The molecule has 2 aromatic carbocycles. The Balaban J connectivity index is 1.48. The van der Waals surface area contributed by atoms with Crippen LogP contribution in [0.5, 0.6) is 17.2 Å². The third-order valence-electron chi connectivity index (χ3n) is 5.04. The molecule has 5 nitrogen and oxygen atoms in total. The first-order chi connectivity index (χ1) is 12.1. The predicted molar refractivity (Wildman–Crippen MR) is 92.9 cm³/mol. The summed E-state index contributed by atoms with van der Waals surface area (Å²) in [5.74, 6) is 1.76. The molecule has 1 N–H and O–H groups in total. The average molecular weight is 339 g/mol. The summed E-state index contributed by atoms with van der Waals surface area (Å²) in [4.78, 5) is 14.8. The van der Waals surface area contributed by atoms with Gasteiger partial charge in [-0.15, -0.1) is 0 Å². The fraction of sp³-hybridized carbons (Fsp3) is 0.350. The van der Waals surface area contributed by atoms with Crippen molar-refractivity contribution in [2.45, 2.75) is 19.4 Å². The Morgan fingerprint density at radius 1 is 1.20 bits per heavy atom. The standard InChI is InChI=1S/C20H21NO4/c1-24-18-5-3-14-8-16(12-25-19(14)10-18)20(23)21-7-6-13-2-4-17(22)9-15(13)11-21/h2-5,9-10,16,22H,6-8,11-12H2,1H3/t16-/m1/s1. The van der Waals surface area contributed by atoms with Crippen molar-refractivity contribution in [1.29, 1.82) is 0 Å². The second-order valence-corrected chi connectivity index (χ2v) is 6.65. The zero-order valence-corrected chi connectivity index (χ0v) is 14.2. The van der Waals surface area contributed by atoms with Crippen LogP contribution >= 0.6 is 0 Å². The molecule has 0 bridgehead atoms. The molecule has 0 spiro atoms. The third-order valence-corrected chi connectivity index (χ3v) is 5.04. The number of amides is 1. The first-order valence-electron chi connectivity index (χ1n) is 8.53. The number of ether oxygens (including phenoxy) is 2. The van der Waals surface area contributed by atoms with E-state index >= 15 is 0 Å². The molecule has 0 aliphatic carbocycles. The summed E-state index contributed by atoms with van der Waals surface area (Å²) in [5, 5.41) is 9.68. The van der Waals surface area contributed by atoms with Crippen molar-refractivity contribution >= 4 is 5.91 Å². The van der Waals surface area contributed by atoms with Crippen molar-refractivity contribution in [3.05, 3.63) is 53.1 Å². The molecule has 0 fully saturated rings. The van der Waals surface area contributed by atoms with Gasteiger partial charge < -0.3 is 19.5 Å². The molecule has 0 radical (unpaired) electrons. The topological polar surface area (TPSA) is 59.0 Å². The van der Waals surface area contributed by atoms with Gasteiger partial charge in [0.15, 0.2) is 0 Å². The van der Waals surface area contributed by atoms with Gasteiger partial charge in [-0.2, -0.15) is 0 Å². The Morgan fingerprint density at radius 3 is 2.88 bits per heavy atom. The summed E-state index contributed by atoms with van der Waals surface area (Å²) in [7, 11) is 1.63. The maximum Gasteiger partial charge on any atom is 0.229 e. The molecule has 25 heavy (non-hydrogen) atoms. The second-order valence-electron chi connectivity index (χ2n) is 6.65. The highest BCUT2D eigenvalue weighted by atomic mass is 16.5. The number of hydrogen-bond donors (Lipinski definition) is 1. The molecule has 1 amide bonds. The van der Waals surface area contributed by atoms with Crippen LogP contribution in [0.25, 0.3) is 0 Å². The number of aromatic hydroxyl groups is 1. The number of carbonyl (C=O) groups is 1. The molecule has 2 aliphatic rings. The zero-order chi connectivity index (χ0) is 17.4. The lowest BCUT2D eigenvalue weighted by Crippen LogP contribution is -2.43. The van der Waals surface area contributed by atoms with Crippen LogP contribution in [-0.4, -0.2) is 36.2 Å².